The van der Waals surface area contributed by atoms with Gasteiger partial charge < -0.3 is 38.3 Å². The summed E-state index contributed by atoms with van der Waals surface area (Å²) in [6.45, 7) is 1.42. The third kappa shape index (κ3) is 10.6. The van der Waals surface area contributed by atoms with Gasteiger partial charge in [-0.05, 0) is 25.4 Å². The Morgan fingerprint density at radius 3 is 1.70 bits per heavy atom. The molecule has 0 rings (SSSR count). The number of amides is 5. The summed E-state index contributed by atoms with van der Waals surface area (Å²) in [6.07, 6.45) is 0.655. The van der Waals surface area contributed by atoms with E-state index in [1.165, 1.54) is 18.7 Å². The van der Waals surface area contributed by atoms with Crippen LogP contribution in [0.5, 0.6) is 0 Å². The number of aliphatic carboxylic acids is 1. The second-order valence-electron chi connectivity index (χ2n) is 6.43. The molecule has 0 saturated carbocycles. The van der Waals surface area contributed by atoms with E-state index in [-0.39, 0.29) is 6.42 Å². The molecule has 0 aromatic carbocycles. The van der Waals surface area contributed by atoms with Crippen LogP contribution in [-0.2, 0) is 28.8 Å². The van der Waals surface area contributed by atoms with Crippen LogP contribution in [0.25, 0.3) is 0 Å². The number of nitrogens with one attached hydrogen (secondary N) is 3. The molecule has 170 valence electrons. The lowest BCUT2D eigenvalue weighted by Crippen LogP contribution is -2.57. The Bertz CT molecular complexity index is 672. The van der Waals surface area contributed by atoms with E-state index >= 15 is 0 Å². The van der Waals surface area contributed by atoms with Crippen molar-refractivity contribution in [2.45, 2.75) is 50.4 Å². The highest BCUT2D eigenvalue weighted by molar-refractivity contribution is 7.98. The Balaban J connectivity index is 5.42. The molecule has 13 nitrogen and oxygen atoms in total. The Morgan fingerprint density at radius 1 is 0.833 bits per heavy atom. The summed E-state index contributed by atoms with van der Waals surface area (Å²) in [6, 6.07) is -5.13. The van der Waals surface area contributed by atoms with Gasteiger partial charge in [0, 0.05) is 0 Å². The Kier molecular flexibility index (Phi) is 12.1. The van der Waals surface area contributed by atoms with Gasteiger partial charge in [-0.1, -0.05) is 0 Å². The highest BCUT2D eigenvalue weighted by Gasteiger charge is 2.31. The van der Waals surface area contributed by atoms with Gasteiger partial charge in [-0.15, -0.1) is 0 Å². The highest BCUT2D eigenvalue weighted by Crippen LogP contribution is 2.04. The predicted octanol–water partition coefficient (Wildman–Crippen LogP) is -3.62. The number of nitrogens with two attached hydrogens (primary N) is 3. The van der Waals surface area contributed by atoms with Gasteiger partial charge in [0.25, 0.3) is 0 Å². The van der Waals surface area contributed by atoms with E-state index in [9.17, 15) is 28.8 Å². The van der Waals surface area contributed by atoms with Crippen molar-refractivity contribution in [3.8, 4) is 0 Å². The van der Waals surface area contributed by atoms with Crippen molar-refractivity contribution >= 4 is 47.3 Å². The van der Waals surface area contributed by atoms with E-state index in [1.54, 1.807) is 6.26 Å². The molecule has 10 N–H and O–H groups in total. The van der Waals surface area contributed by atoms with Crippen LogP contribution in [0.15, 0.2) is 0 Å². The fourth-order valence-electron chi connectivity index (χ4n) is 2.16. The summed E-state index contributed by atoms with van der Waals surface area (Å²) < 4.78 is 0. The normalized spacial score (nSPS) is 14.5. The fraction of sp³-hybridized carbons (Fsp3) is 0.625. The van der Waals surface area contributed by atoms with Crippen LogP contribution in [0.3, 0.4) is 0 Å². The van der Waals surface area contributed by atoms with Crippen molar-refractivity contribution in [2.75, 3.05) is 12.0 Å². The summed E-state index contributed by atoms with van der Waals surface area (Å²) in [5.41, 5.74) is 15.5. The molecule has 0 saturated heterocycles. The Morgan fingerprint density at radius 2 is 1.27 bits per heavy atom. The minimum atomic E-state index is -1.66. The zero-order valence-corrected chi connectivity index (χ0v) is 17.5. The maximum Gasteiger partial charge on any atom is 0.326 e. The number of thioether (sulfide) groups is 1. The van der Waals surface area contributed by atoms with Gasteiger partial charge in [0.2, 0.25) is 29.5 Å². The van der Waals surface area contributed by atoms with Crippen LogP contribution >= 0.6 is 11.8 Å². The van der Waals surface area contributed by atoms with Gasteiger partial charge in [0.15, 0.2) is 0 Å². The summed E-state index contributed by atoms with van der Waals surface area (Å²) in [7, 11) is 0. The molecule has 0 aliphatic carbocycles. The lowest BCUT2D eigenvalue weighted by molar-refractivity contribution is -0.144. The highest BCUT2D eigenvalue weighted by atomic mass is 32.2. The SMILES string of the molecule is CSCCC(NC(=O)C(C)N)C(=O)NC(CC(N)=O)C(=O)NC(CC(N)=O)C(=O)O. The molecular formula is C16H28N6O7S. The van der Waals surface area contributed by atoms with Gasteiger partial charge in [0.05, 0.1) is 18.9 Å². The van der Waals surface area contributed by atoms with Crippen molar-refractivity contribution in [2.24, 2.45) is 17.2 Å². The summed E-state index contributed by atoms with van der Waals surface area (Å²) in [5, 5.41) is 15.8. The van der Waals surface area contributed by atoms with Gasteiger partial charge in [0.1, 0.15) is 18.1 Å². The largest absolute Gasteiger partial charge is 0.480 e. The van der Waals surface area contributed by atoms with Gasteiger partial charge >= 0.3 is 5.97 Å². The van der Waals surface area contributed by atoms with Crippen molar-refractivity contribution < 1.29 is 33.9 Å². The molecule has 0 fully saturated rings. The van der Waals surface area contributed by atoms with Crippen molar-refractivity contribution in [1.29, 1.82) is 0 Å². The Hall–Kier alpha value is -2.87. The molecular weight excluding hydrogens is 420 g/mol. The molecule has 0 radical (unpaired) electrons. The quantitative estimate of drug-likeness (QED) is 0.139. The topological polar surface area (TPSA) is 237 Å². The Labute approximate surface area is 177 Å². The zero-order chi connectivity index (χ0) is 23.4. The molecule has 30 heavy (non-hydrogen) atoms. The molecule has 4 unspecified atom stereocenters. The first-order chi connectivity index (χ1) is 13.9. The minimum Gasteiger partial charge on any atom is -0.480 e. The number of carboxylic acid groups (broad SMARTS) is 1. The number of primary amides is 2. The lowest BCUT2D eigenvalue weighted by atomic mass is 10.1. The predicted molar refractivity (Wildman–Crippen MR) is 108 cm³/mol. The maximum atomic E-state index is 12.6. The summed E-state index contributed by atoms with van der Waals surface area (Å²) in [4.78, 5) is 70.4. The minimum absolute atomic E-state index is 0.204. The number of rotatable bonds is 14. The molecule has 4 atom stereocenters. The van der Waals surface area contributed by atoms with Crippen molar-refractivity contribution in [1.82, 2.24) is 16.0 Å². The summed E-state index contributed by atoms with van der Waals surface area (Å²) in [5.74, 6) is -5.41. The lowest BCUT2D eigenvalue weighted by Gasteiger charge is -2.24. The summed E-state index contributed by atoms with van der Waals surface area (Å²) >= 11 is 1.41. The van der Waals surface area contributed by atoms with Gasteiger partial charge in [-0.2, -0.15) is 11.8 Å². The van der Waals surface area contributed by atoms with Crippen LogP contribution in [0.4, 0.5) is 0 Å². The van der Waals surface area contributed by atoms with E-state index in [1.807, 2.05) is 5.32 Å². The van der Waals surface area contributed by atoms with Gasteiger partial charge in [-0.3, -0.25) is 24.0 Å². The average Bonchev–Trinajstić information content (AvgIpc) is 2.62. The molecule has 5 amide bonds. The molecule has 14 heteroatoms. The van der Waals surface area contributed by atoms with Crippen molar-refractivity contribution in [3.05, 3.63) is 0 Å². The number of carboxylic acids is 1. The van der Waals surface area contributed by atoms with E-state index in [0.717, 1.165) is 0 Å². The second kappa shape index (κ2) is 13.4. The smallest absolute Gasteiger partial charge is 0.326 e. The standard InChI is InChI=1S/C16H28N6O7S/c1-7(17)13(25)20-8(3-4-30-2)14(26)21-9(5-11(18)23)15(27)22-10(16(28)29)6-12(19)24/h7-10H,3-6,17H2,1-2H3,(H2,18,23)(H2,19,24)(H,20,25)(H,21,26)(H,22,27)(H,28,29). The molecule has 0 aliphatic heterocycles. The molecule has 0 heterocycles. The average molecular weight is 449 g/mol. The number of hydrogen-bond acceptors (Lipinski definition) is 8. The molecule has 0 bridgehead atoms. The molecule has 0 aliphatic rings. The monoisotopic (exact) mass is 448 g/mol. The van der Waals surface area contributed by atoms with E-state index in [0.29, 0.717) is 5.75 Å². The fourth-order valence-corrected chi connectivity index (χ4v) is 2.64. The third-order valence-electron chi connectivity index (χ3n) is 3.72. The van der Waals surface area contributed by atoms with Crippen LogP contribution in [0.2, 0.25) is 0 Å². The molecule has 0 aromatic rings. The first-order valence-electron chi connectivity index (χ1n) is 8.84. The van der Waals surface area contributed by atoms with Crippen LogP contribution < -0.4 is 33.2 Å². The maximum absolute atomic E-state index is 12.6. The second-order valence-corrected chi connectivity index (χ2v) is 7.42. The molecule has 0 spiro atoms. The van der Waals surface area contributed by atoms with Gasteiger partial charge in [-0.25, -0.2) is 4.79 Å². The van der Waals surface area contributed by atoms with Crippen LogP contribution in [-0.4, -0.2) is 76.8 Å². The number of hydrogen-bond donors (Lipinski definition) is 7. The van der Waals surface area contributed by atoms with Crippen molar-refractivity contribution in [3.63, 3.8) is 0 Å². The first-order valence-corrected chi connectivity index (χ1v) is 10.2. The van der Waals surface area contributed by atoms with E-state index < -0.39 is 72.5 Å². The van der Waals surface area contributed by atoms with Crippen LogP contribution in [0.1, 0.15) is 26.2 Å². The first kappa shape index (κ1) is 27.1. The van der Waals surface area contributed by atoms with E-state index in [4.69, 9.17) is 22.3 Å². The number of carbonyl (C=O) groups excluding carboxylic acids is 5. The van der Waals surface area contributed by atoms with Crippen LogP contribution in [0, 0.1) is 0 Å². The number of carbonyl (C=O) groups is 6. The third-order valence-corrected chi connectivity index (χ3v) is 4.36. The van der Waals surface area contributed by atoms with E-state index in [2.05, 4.69) is 10.6 Å². The zero-order valence-electron chi connectivity index (χ0n) is 16.7. The molecule has 0 aromatic heterocycles.